The van der Waals surface area contributed by atoms with Gasteiger partial charge in [-0.25, -0.2) is 5.43 Å². The van der Waals surface area contributed by atoms with Crippen molar-refractivity contribution in [1.82, 2.24) is 5.43 Å². The number of carbonyl (C=O) groups excluding carboxylic acids is 1. The minimum atomic E-state index is -0.271. The Morgan fingerprint density at radius 1 is 1.21 bits per heavy atom. The number of benzene rings is 2. The zero-order valence-corrected chi connectivity index (χ0v) is 14.1. The molecular formula is C18H18N2O3S. The van der Waals surface area contributed by atoms with Crippen LogP contribution in [0.1, 0.15) is 15.9 Å². The highest BCUT2D eigenvalue weighted by Crippen LogP contribution is 2.24. The molecule has 0 bridgehead atoms. The summed E-state index contributed by atoms with van der Waals surface area (Å²) in [6.07, 6.45) is 1.90. The highest BCUT2D eigenvalue weighted by Gasteiger charge is 2.19. The SMILES string of the molecule is COc1ccc(C(=O)N/N=C/c2cccc(OC3CSC3)c2)cc1. The van der Waals surface area contributed by atoms with Gasteiger partial charge in [0.2, 0.25) is 0 Å². The molecule has 3 rings (SSSR count). The van der Waals surface area contributed by atoms with Crippen LogP contribution in [-0.4, -0.2) is 36.8 Å². The van der Waals surface area contributed by atoms with Crippen molar-refractivity contribution in [3.8, 4) is 11.5 Å². The highest BCUT2D eigenvalue weighted by atomic mass is 32.2. The van der Waals surface area contributed by atoms with Crippen LogP contribution >= 0.6 is 11.8 Å². The molecule has 1 amide bonds. The van der Waals surface area contributed by atoms with E-state index in [1.54, 1.807) is 37.6 Å². The second-order valence-electron chi connectivity index (χ2n) is 5.28. The van der Waals surface area contributed by atoms with Gasteiger partial charge in [-0.05, 0) is 42.0 Å². The Labute approximate surface area is 145 Å². The molecule has 0 spiro atoms. The molecule has 6 heteroatoms. The Morgan fingerprint density at radius 3 is 2.67 bits per heavy atom. The summed E-state index contributed by atoms with van der Waals surface area (Å²) in [7, 11) is 1.58. The quantitative estimate of drug-likeness (QED) is 0.648. The van der Waals surface area contributed by atoms with Gasteiger partial charge in [0.1, 0.15) is 17.6 Å². The second-order valence-corrected chi connectivity index (χ2v) is 6.35. The Kier molecular flexibility index (Phi) is 5.38. The van der Waals surface area contributed by atoms with Crippen LogP contribution in [0.4, 0.5) is 0 Å². The number of ether oxygens (including phenoxy) is 2. The lowest BCUT2D eigenvalue weighted by Gasteiger charge is -2.25. The lowest BCUT2D eigenvalue weighted by Crippen LogP contribution is -2.31. The first-order valence-electron chi connectivity index (χ1n) is 7.56. The molecule has 1 fully saturated rings. The summed E-state index contributed by atoms with van der Waals surface area (Å²) in [6, 6.07) is 14.5. The van der Waals surface area contributed by atoms with Gasteiger partial charge in [-0.3, -0.25) is 4.79 Å². The molecule has 0 saturated carbocycles. The van der Waals surface area contributed by atoms with E-state index in [1.165, 1.54) is 0 Å². The minimum absolute atomic E-state index is 0.271. The van der Waals surface area contributed by atoms with Crippen LogP contribution in [0.2, 0.25) is 0 Å². The molecule has 5 nitrogen and oxygen atoms in total. The summed E-state index contributed by atoms with van der Waals surface area (Å²) in [5, 5.41) is 4.00. The van der Waals surface area contributed by atoms with Gasteiger partial charge in [0.05, 0.1) is 13.3 Å². The standard InChI is InChI=1S/C18H18N2O3S/c1-22-15-7-5-14(6-8-15)18(21)20-19-10-13-3-2-4-16(9-13)23-17-11-24-12-17/h2-10,17H,11-12H2,1H3,(H,20,21)/b19-10+. The number of carbonyl (C=O) groups is 1. The van der Waals surface area contributed by atoms with Crippen LogP contribution < -0.4 is 14.9 Å². The van der Waals surface area contributed by atoms with Gasteiger partial charge in [-0.1, -0.05) is 12.1 Å². The minimum Gasteiger partial charge on any atom is -0.497 e. The van der Waals surface area contributed by atoms with Crippen molar-refractivity contribution in [3.05, 3.63) is 59.7 Å². The maximum absolute atomic E-state index is 12.0. The van der Waals surface area contributed by atoms with E-state index in [4.69, 9.17) is 9.47 Å². The van der Waals surface area contributed by atoms with Crippen LogP contribution in [0.3, 0.4) is 0 Å². The summed E-state index contributed by atoms with van der Waals surface area (Å²) in [4.78, 5) is 12.0. The number of hydrazone groups is 1. The number of methoxy groups -OCH3 is 1. The molecule has 1 heterocycles. The largest absolute Gasteiger partial charge is 0.497 e. The molecule has 1 aliphatic rings. The number of hydrogen-bond donors (Lipinski definition) is 1. The molecule has 24 heavy (non-hydrogen) atoms. The van der Waals surface area contributed by atoms with E-state index in [-0.39, 0.29) is 5.91 Å². The van der Waals surface area contributed by atoms with Gasteiger partial charge in [0.25, 0.3) is 5.91 Å². The van der Waals surface area contributed by atoms with Crippen LogP contribution in [0.15, 0.2) is 53.6 Å². The number of rotatable bonds is 6. The van der Waals surface area contributed by atoms with Gasteiger partial charge in [-0.15, -0.1) is 0 Å². The fourth-order valence-electron chi connectivity index (χ4n) is 2.12. The molecule has 1 saturated heterocycles. The number of thioether (sulfide) groups is 1. The third-order valence-electron chi connectivity index (χ3n) is 3.50. The van der Waals surface area contributed by atoms with Crippen molar-refractivity contribution in [2.24, 2.45) is 5.10 Å². The van der Waals surface area contributed by atoms with E-state index in [0.29, 0.717) is 17.4 Å². The Bertz CT molecular complexity index is 727. The fraction of sp³-hybridized carbons (Fsp3) is 0.222. The van der Waals surface area contributed by atoms with Crippen LogP contribution in [0, 0.1) is 0 Å². The third kappa shape index (κ3) is 4.29. The summed E-state index contributed by atoms with van der Waals surface area (Å²) >= 11 is 1.88. The topological polar surface area (TPSA) is 59.9 Å². The van der Waals surface area contributed by atoms with E-state index in [0.717, 1.165) is 22.8 Å². The van der Waals surface area contributed by atoms with Crippen molar-refractivity contribution in [2.45, 2.75) is 6.10 Å². The average molecular weight is 342 g/mol. The van der Waals surface area contributed by atoms with Crippen LogP contribution in [-0.2, 0) is 0 Å². The molecule has 0 aliphatic carbocycles. The molecule has 2 aromatic rings. The fourth-order valence-corrected chi connectivity index (χ4v) is 2.68. The first kappa shape index (κ1) is 16.4. The Morgan fingerprint density at radius 2 is 2.00 bits per heavy atom. The zero-order valence-electron chi connectivity index (χ0n) is 13.3. The second kappa shape index (κ2) is 7.88. The van der Waals surface area contributed by atoms with E-state index >= 15 is 0 Å². The molecule has 0 aromatic heterocycles. The summed E-state index contributed by atoms with van der Waals surface area (Å²) < 4.78 is 10.9. The lowest BCUT2D eigenvalue weighted by atomic mass is 10.2. The maximum atomic E-state index is 12.0. The normalized spacial score (nSPS) is 14.2. The van der Waals surface area contributed by atoms with Gasteiger partial charge < -0.3 is 9.47 Å². The highest BCUT2D eigenvalue weighted by molar-refractivity contribution is 8.00. The van der Waals surface area contributed by atoms with Gasteiger partial charge >= 0.3 is 0 Å². The first-order chi connectivity index (χ1) is 11.7. The number of amides is 1. The molecule has 124 valence electrons. The first-order valence-corrected chi connectivity index (χ1v) is 8.72. The summed E-state index contributed by atoms with van der Waals surface area (Å²) in [5.41, 5.74) is 3.90. The Hall–Kier alpha value is -2.47. The van der Waals surface area contributed by atoms with Crippen molar-refractivity contribution < 1.29 is 14.3 Å². The van der Waals surface area contributed by atoms with E-state index < -0.39 is 0 Å². The van der Waals surface area contributed by atoms with Crippen molar-refractivity contribution in [2.75, 3.05) is 18.6 Å². The Balaban J connectivity index is 1.56. The van der Waals surface area contributed by atoms with Crippen molar-refractivity contribution in [3.63, 3.8) is 0 Å². The van der Waals surface area contributed by atoms with Crippen LogP contribution in [0.25, 0.3) is 0 Å². The predicted octanol–water partition coefficient (Wildman–Crippen LogP) is 2.95. The monoisotopic (exact) mass is 342 g/mol. The summed E-state index contributed by atoms with van der Waals surface area (Å²) in [6.45, 7) is 0. The molecule has 2 aromatic carbocycles. The van der Waals surface area contributed by atoms with E-state index in [9.17, 15) is 4.79 Å². The summed E-state index contributed by atoms with van der Waals surface area (Å²) in [5.74, 6) is 3.34. The maximum Gasteiger partial charge on any atom is 0.271 e. The smallest absolute Gasteiger partial charge is 0.271 e. The third-order valence-corrected chi connectivity index (χ3v) is 4.72. The molecule has 0 atom stereocenters. The molecule has 0 radical (unpaired) electrons. The van der Waals surface area contributed by atoms with E-state index in [1.807, 2.05) is 36.0 Å². The molecule has 1 aliphatic heterocycles. The van der Waals surface area contributed by atoms with Crippen molar-refractivity contribution in [1.29, 1.82) is 0 Å². The average Bonchev–Trinajstić information content (AvgIpc) is 2.58. The number of nitrogens with zero attached hydrogens (tertiary/aromatic N) is 1. The molecule has 1 N–H and O–H groups in total. The number of hydrogen-bond acceptors (Lipinski definition) is 5. The molecular weight excluding hydrogens is 324 g/mol. The predicted molar refractivity (Wildman–Crippen MR) is 96.2 cm³/mol. The van der Waals surface area contributed by atoms with Crippen molar-refractivity contribution >= 4 is 23.9 Å². The van der Waals surface area contributed by atoms with Gasteiger partial charge in [-0.2, -0.15) is 16.9 Å². The van der Waals surface area contributed by atoms with Gasteiger partial charge in [0.15, 0.2) is 0 Å². The van der Waals surface area contributed by atoms with E-state index in [2.05, 4.69) is 10.5 Å². The van der Waals surface area contributed by atoms with Crippen LogP contribution in [0.5, 0.6) is 11.5 Å². The number of nitrogens with one attached hydrogen (secondary N) is 1. The lowest BCUT2D eigenvalue weighted by molar-refractivity contribution is 0.0955. The molecule has 0 unspecified atom stereocenters. The van der Waals surface area contributed by atoms with Gasteiger partial charge in [0, 0.05) is 17.1 Å². The zero-order chi connectivity index (χ0) is 16.8.